The predicted molar refractivity (Wildman–Crippen MR) is 125 cm³/mol. The normalized spacial score (nSPS) is 15.5. The third-order valence-electron chi connectivity index (χ3n) is 6.16. The standard InChI is InChI=1S/C25H34N2O3S/c1-4-20-11-12-21(5-2)22(16-20)18-26-25(28)24-17-23(13-10-19(24)3)31(29,30)27-14-8-6-7-9-15-27/h10-13,16-17H,4-9,14-15,18H2,1-3H3,(H,26,28). The molecule has 2 aromatic carbocycles. The van der Waals surface area contributed by atoms with Gasteiger partial charge in [-0.2, -0.15) is 4.31 Å². The summed E-state index contributed by atoms with van der Waals surface area (Å²) in [7, 11) is -3.59. The molecule has 2 aromatic rings. The van der Waals surface area contributed by atoms with Crippen LogP contribution in [0, 0.1) is 6.92 Å². The summed E-state index contributed by atoms with van der Waals surface area (Å²) >= 11 is 0. The van der Waals surface area contributed by atoms with Crippen LogP contribution in [0.15, 0.2) is 41.3 Å². The van der Waals surface area contributed by atoms with Crippen LogP contribution in [0.3, 0.4) is 0 Å². The molecule has 6 heteroatoms. The zero-order valence-corrected chi connectivity index (χ0v) is 19.7. The van der Waals surface area contributed by atoms with Gasteiger partial charge < -0.3 is 5.32 Å². The number of sulfonamides is 1. The number of amides is 1. The lowest BCUT2D eigenvalue weighted by atomic mass is 10.0. The minimum Gasteiger partial charge on any atom is -0.348 e. The number of hydrogen-bond donors (Lipinski definition) is 1. The average Bonchev–Trinajstić information content (AvgIpc) is 3.07. The summed E-state index contributed by atoms with van der Waals surface area (Å²) < 4.78 is 27.9. The van der Waals surface area contributed by atoms with Crippen LogP contribution >= 0.6 is 0 Å². The highest BCUT2D eigenvalue weighted by molar-refractivity contribution is 7.89. The van der Waals surface area contributed by atoms with Gasteiger partial charge in [0.25, 0.3) is 5.91 Å². The Kier molecular flexibility index (Phi) is 7.89. The van der Waals surface area contributed by atoms with Gasteiger partial charge in [0.15, 0.2) is 0 Å². The van der Waals surface area contributed by atoms with E-state index in [0.29, 0.717) is 25.2 Å². The monoisotopic (exact) mass is 442 g/mol. The van der Waals surface area contributed by atoms with Gasteiger partial charge in [0.1, 0.15) is 0 Å². The Morgan fingerprint density at radius 3 is 2.29 bits per heavy atom. The summed E-state index contributed by atoms with van der Waals surface area (Å²) in [6, 6.07) is 11.3. The van der Waals surface area contributed by atoms with E-state index in [-0.39, 0.29) is 10.8 Å². The van der Waals surface area contributed by atoms with Crippen LogP contribution in [0.5, 0.6) is 0 Å². The number of carbonyl (C=O) groups is 1. The van der Waals surface area contributed by atoms with E-state index in [1.165, 1.54) is 17.2 Å². The number of nitrogens with one attached hydrogen (secondary N) is 1. The third-order valence-corrected chi connectivity index (χ3v) is 8.05. The van der Waals surface area contributed by atoms with Crippen LogP contribution in [-0.2, 0) is 29.4 Å². The van der Waals surface area contributed by atoms with Gasteiger partial charge in [0.2, 0.25) is 10.0 Å². The van der Waals surface area contributed by atoms with Crippen molar-refractivity contribution in [3.05, 3.63) is 64.2 Å². The molecule has 0 spiro atoms. The van der Waals surface area contributed by atoms with E-state index < -0.39 is 10.0 Å². The summed E-state index contributed by atoms with van der Waals surface area (Å²) in [6.45, 7) is 7.58. The summed E-state index contributed by atoms with van der Waals surface area (Å²) in [5.74, 6) is -0.241. The Labute approximate surface area is 186 Å². The minimum absolute atomic E-state index is 0.201. The Bertz CT molecular complexity index is 1020. The van der Waals surface area contributed by atoms with E-state index in [0.717, 1.165) is 49.7 Å². The van der Waals surface area contributed by atoms with E-state index in [1.807, 2.05) is 6.92 Å². The zero-order valence-electron chi connectivity index (χ0n) is 18.9. The average molecular weight is 443 g/mol. The van der Waals surface area contributed by atoms with Crippen LogP contribution in [0.4, 0.5) is 0 Å². The largest absolute Gasteiger partial charge is 0.348 e. The maximum Gasteiger partial charge on any atom is 0.251 e. The zero-order chi connectivity index (χ0) is 22.4. The molecule has 1 aliphatic rings. The maximum absolute atomic E-state index is 13.2. The maximum atomic E-state index is 13.2. The quantitative estimate of drug-likeness (QED) is 0.681. The van der Waals surface area contributed by atoms with Crippen LogP contribution in [0.2, 0.25) is 0 Å². The number of nitrogens with zero attached hydrogens (tertiary/aromatic N) is 1. The molecule has 3 rings (SSSR count). The first-order valence-electron chi connectivity index (χ1n) is 11.4. The van der Waals surface area contributed by atoms with Gasteiger partial charge in [-0.1, -0.05) is 51.0 Å². The van der Waals surface area contributed by atoms with E-state index in [4.69, 9.17) is 0 Å². The molecule has 0 unspecified atom stereocenters. The van der Waals surface area contributed by atoms with Crippen molar-refractivity contribution in [2.24, 2.45) is 0 Å². The van der Waals surface area contributed by atoms with Crippen LogP contribution in [-0.4, -0.2) is 31.7 Å². The molecule has 0 bridgehead atoms. The molecule has 1 heterocycles. The molecule has 0 radical (unpaired) electrons. The van der Waals surface area contributed by atoms with Gasteiger partial charge in [0.05, 0.1) is 4.90 Å². The third kappa shape index (κ3) is 5.55. The first-order chi connectivity index (χ1) is 14.9. The summed E-state index contributed by atoms with van der Waals surface area (Å²) in [5.41, 5.74) is 4.75. The number of aryl methyl sites for hydroxylation is 3. The Hall–Kier alpha value is -2.18. The van der Waals surface area contributed by atoms with Gasteiger partial charge in [-0.3, -0.25) is 4.79 Å². The van der Waals surface area contributed by atoms with Crippen molar-refractivity contribution in [2.75, 3.05) is 13.1 Å². The molecule has 0 saturated carbocycles. The van der Waals surface area contributed by atoms with Gasteiger partial charge in [0, 0.05) is 25.2 Å². The second-order valence-corrected chi connectivity index (χ2v) is 10.2. The molecule has 1 saturated heterocycles. The van der Waals surface area contributed by atoms with Crippen LogP contribution in [0.1, 0.15) is 72.1 Å². The molecule has 1 amide bonds. The van der Waals surface area contributed by atoms with E-state index in [9.17, 15) is 13.2 Å². The fourth-order valence-corrected chi connectivity index (χ4v) is 5.66. The lowest BCUT2D eigenvalue weighted by Crippen LogP contribution is -2.32. The second kappa shape index (κ2) is 10.4. The van der Waals surface area contributed by atoms with Gasteiger partial charge in [-0.05, 0) is 67.0 Å². The predicted octanol–water partition coefficient (Wildman–Crippen LogP) is 4.61. The van der Waals surface area contributed by atoms with Crippen molar-refractivity contribution in [1.29, 1.82) is 0 Å². The lowest BCUT2D eigenvalue weighted by molar-refractivity contribution is 0.0950. The van der Waals surface area contributed by atoms with E-state index >= 15 is 0 Å². The summed E-state index contributed by atoms with van der Waals surface area (Å²) in [5, 5.41) is 3.00. The highest BCUT2D eigenvalue weighted by Crippen LogP contribution is 2.23. The molecule has 1 fully saturated rings. The molecule has 31 heavy (non-hydrogen) atoms. The van der Waals surface area contributed by atoms with Crippen LogP contribution < -0.4 is 5.32 Å². The molecule has 1 N–H and O–H groups in total. The highest BCUT2D eigenvalue weighted by Gasteiger charge is 2.26. The molecule has 0 aliphatic carbocycles. The Morgan fingerprint density at radius 2 is 1.65 bits per heavy atom. The molecule has 0 atom stereocenters. The van der Waals surface area contributed by atoms with Crippen molar-refractivity contribution >= 4 is 15.9 Å². The van der Waals surface area contributed by atoms with E-state index in [1.54, 1.807) is 16.4 Å². The summed E-state index contributed by atoms with van der Waals surface area (Å²) in [6.07, 6.45) is 5.74. The van der Waals surface area contributed by atoms with Crippen LogP contribution in [0.25, 0.3) is 0 Å². The smallest absolute Gasteiger partial charge is 0.251 e. The van der Waals surface area contributed by atoms with Crippen molar-refractivity contribution in [1.82, 2.24) is 9.62 Å². The number of rotatable bonds is 7. The van der Waals surface area contributed by atoms with E-state index in [2.05, 4.69) is 37.4 Å². The fourth-order valence-electron chi connectivity index (χ4n) is 4.12. The second-order valence-electron chi connectivity index (χ2n) is 8.29. The van der Waals surface area contributed by atoms with Crippen molar-refractivity contribution in [3.8, 4) is 0 Å². The molecule has 5 nitrogen and oxygen atoms in total. The summed E-state index contributed by atoms with van der Waals surface area (Å²) in [4.78, 5) is 13.2. The molecular formula is C25H34N2O3S. The highest BCUT2D eigenvalue weighted by atomic mass is 32.2. The number of carbonyl (C=O) groups excluding carboxylic acids is 1. The van der Waals surface area contributed by atoms with Gasteiger partial charge in [-0.25, -0.2) is 8.42 Å². The van der Waals surface area contributed by atoms with Crippen molar-refractivity contribution in [2.45, 2.75) is 70.7 Å². The first-order valence-corrected chi connectivity index (χ1v) is 12.8. The van der Waals surface area contributed by atoms with Crippen molar-refractivity contribution < 1.29 is 13.2 Å². The van der Waals surface area contributed by atoms with Gasteiger partial charge >= 0.3 is 0 Å². The SMILES string of the molecule is CCc1ccc(CC)c(CNC(=O)c2cc(S(=O)(=O)N3CCCCCC3)ccc2C)c1. The number of hydrogen-bond acceptors (Lipinski definition) is 3. The first kappa shape index (κ1) is 23.5. The van der Waals surface area contributed by atoms with Crippen molar-refractivity contribution in [3.63, 3.8) is 0 Å². The lowest BCUT2D eigenvalue weighted by Gasteiger charge is -2.20. The Morgan fingerprint density at radius 1 is 0.935 bits per heavy atom. The molecule has 168 valence electrons. The number of benzene rings is 2. The minimum atomic E-state index is -3.59. The van der Waals surface area contributed by atoms with Gasteiger partial charge in [-0.15, -0.1) is 0 Å². The molecular weight excluding hydrogens is 408 g/mol. The molecule has 1 aliphatic heterocycles. The molecule has 0 aromatic heterocycles. The Balaban J connectivity index is 1.81. The topological polar surface area (TPSA) is 66.5 Å². The fraction of sp³-hybridized carbons (Fsp3) is 0.480.